The SMILES string of the molecule is COc1ccc(CN2C(=O)c3ccccc3C2=O)cc1C(=O)OC(C)C(=O)Nc1ccc(C)c(F)c1. The minimum Gasteiger partial charge on any atom is -0.496 e. The molecule has 1 aliphatic rings. The minimum atomic E-state index is -1.20. The Morgan fingerprint density at radius 1 is 1.00 bits per heavy atom. The lowest BCUT2D eigenvalue weighted by Crippen LogP contribution is -2.30. The van der Waals surface area contributed by atoms with Crippen molar-refractivity contribution in [2.75, 3.05) is 12.4 Å². The maximum Gasteiger partial charge on any atom is 0.342 e. The second-order valence-corrected chi connectivity index (χ2v) is 8.28. The molecule has 36 heavy (non-hydrogen) atoms. The van der Waals surface area contributed by atoms with Gasteiger partial charge in [-0.2, -0.15) is 0 Å². The molecule has 0 radical (unpaired) electrons. The molecule has 0 saturated carbocycles. The molecular formula is C27H23FN2O6. The molecule has 9 heteroatoms. The van der Waals surface area contributed by atoms with Crippen LogP contribution in [-0.4, -0.2) is 41.8 Å². The monoisotopic (exact) mass is 490 g/mol. The molecule has 1 heterocycles. The Morgan fingerprint density at radius 2 is 1.67 bits per heavy atom. The highest BCUT2D eigenvalue weighted by atomic mass is 19.1. The van der Waals surface area contributed by atoms with Crippen LogP contribution in [0.15, 0.2) is 60.7 Å². The molecule has 1 atom stereocenters. The van der Waals surface area contributed by atoms with Gasteiger partial charge in [-0.25, -0.2) is 9.18 Å². The van der Waals surface area contributed by atoms with Crippen molar-refractivity contribution in [3.05, 3.63) is 94.3 Å². The van der Waals surface area contributed by atoms with Crippen LogP contribution in [0, 0.1) is 12.7 Å². The number of benzene rings is 3. The number of anilines is 1. The van der Waals surface area contributed by atoms with Gasteiger partial charge in [0.25, 0.3) is 17.7 Å². The van der Waals surface area contributed by atoms with Gasteiger partial charge < -0.3 is 14.8 Å². The number of nitrogens with one attached hydrogen (secondary N) is 1. The number of rotatable bonds is 7. The largest absolute Gasteiger partial charge is 0.496 e. The first kappa shape index (κ1) is 24.6. The summed E-state index contributed by atoms with van der Waals surface area (Å²) < 4.78 is 24.3. The van der Waals surface area contributed by atoms with Gasteiger partial charge in [0.15, 0.2) is 6.10 Å². The summed E-state index contributed by atoms with van der Waals surface area (Å²) in [6.45, 7) is 2.92. The van der Waals surface area contributed by atoms with Crippen LogP contribution in [0.25, 0.3) is 0 Å². The van der Waals surface area contributed by atoms with Gasteiger partial charge >= 0.3 is 5.97 Å². The van der Waals surface area contributed by atoms with E-state index in [4.69, 9.17) is 9.47 Å². The van der Waals surface area contributed by atoms with Crippen molar-refractivity contribution < 1.29 is 33.0 Å². The first-order valence-corrected chi connectivity index (χ1v) is 11.1. The quantitative estimate of drug-likeness (QED) is 0.395. The van der Waals surface area contributed by atoms with E-state index in [2.05, 4.69) is 5.32 Å². The van der Waals surface area contributed by atoms with Crippen molar-refractivity contribution in [2.24, 2.45) is 0 Å². The number of esters is 1. The molecule has 3 aromatic rings. The number of ether oxygens (including phenoxy) is 2. The molecule has 0 saturated heterocycles. The molecule has 1 unspecified atom stereocenters. The predicted molar refractivity (Wildman–Crippen MR) is 128 cm³/mol. The van der Waals surface area contributed by atoms with Gasteiger partial charge in [0.2, 0.25) is 0 Å². The molecule has 0 bridgehead atoms. The Kier molecular flexibility index (Phi) is 6.82. The van der Waals surface area contributed by atoms with E-state index in [9.17, 15) is 23.6 Å². The Hall–Kier alpha value is -4.53. The van der Waals surface area contributed by atoms with E-state index in [0.717, 1.165) is 4.90 Å². The van der Waals surface area contributed by atoms with Crippen LogP contribution >= 0.6 is 0 Å². The fourth-order valence-electron chi connectivity index (χ4n) is 3.77. The second kappa shape index (κ2) is 9.99. The average Bonchev–Trinajstić information content (AvgIpc) is 3.11. The molecule has 0 aromatic heterocycles. The topological polar surface area (TPSA) is 102 Å². The number of hydrogen-bond donors (Lipinski definition) is 1. The van der Waals surface area contributed by atoms with Crippen molar-refractivity contribution in [3.63, 3.8) is 0 Å². The fraction of sp³-hybridized carbons (Fsp3) is 0.185. The first-order chi connectivity index (χ1) is 17.2. The minimum absolute atomic E-state index is 0.0210. The number of carbonyl (C=O) groups is 4. The van der Waals surface area contributed by atoms with E-state index < -0.39 is 35.6 Å². The zero-order valence-electron chi connectivity index (χ0n) is 19.8. The van der Waals surface area contributed by atoms with Crippen LogP contribution in [0.2, 0.25) is 0 Å². The van der Waals surface area contributed by atoms with Crippen LogP contribution in [0.1, 0.15) is 49.1 Å². The van der Waals surface area contributed by atoms with Crippen LogP contribution in [-0.2, 0) is 16.1 Å². The number of aryl methyl sites for hydroxylation is 1. The maximum absolute atomic E-state index is 13.8. The van der Waals surface area contributed by atoms with Crippen LogP contribution < -0.4 is 10.1 Å². The summed E-state index contributed by atoms with van der Waals surface area (Å²) in [6.07, 6.45) is -1.20. The van der Waals surface area contributed by atoms with Crippen LogP contribution in [0.5, 0.6) is 5.75 Å². The lowest BCUT2D eigenvalue weighted by molar-refractivity contribution is -0.123. The third-order valence-electron chi connectivity index (χ3n) is 5.80. The highest BCUT2D eigenvalue weighted by Crippen LogP contribution is 2.27. The summed E-state index contributed by atoms with van der Waals surface area (Å²) >= 11 is 0. The second-order valence-electron chi connectivity index (χ2n) is 8.28. The van der Waals surface area contributed by atoms with Crippen molar-refractivity contribution in [2.45, 2.75) is 26.5 Å². The van der Waals surface area contributed by atoms with Crippen LogP contribution in [0.3, 0.4) is 0 Å². The summed E-state index contributed by atoms with van der Waals surface area (Å²) in [6, 6.07) is 15.4. The highest BCUT2D eigenvalue weighted by molar-refractivity contribution is 6.21. The van der Waals surface area contributed by atoms with Gasteiger partial charge in [0, 0.05) is 5.69 Å². The Bertz CT molecular complexity index is 1350. The zero-order valence-corrected chi connectivity index (χ0v) is 19.8. The first-order valence-electron chi connectivity index (χ1n) is 11.1. The summed E-state index contributed by atoms with van der Waals surface area (Å²) in [7, 11) is 1.37. The molecule has 1 aliphatic heterocycles. The van der Waals surface area contributed by atoms with Gasteiger partial charge in [0.05, 0.1) is 24.8 Å². The third kappa shape index (κ3) is 4.81. The number of carbonyl (C=O) groups excluding carboxylic acids is 4. The van der Waals surface area contributed by atoms with Gasteiger partial charge in [-0.05, 0) is 61.4 Å². The maximum atomic E-state index is 13.8. The van der Waals surface area contributed by atoms with Gasteiger partial charge in [0.1, 0.15) is 17.1 Å². The van der Waals surface area contributed by atoms with E-state index in [-0.39, 0.29) is 23.5 Å². The molecule has 3 aromatic carbocycles. The molecule has 4 rings (SSSR count). The number of methoxy groups -OCH3 is 1. The molecule has 8 nitrogen and oxygen atoms in total. The Labute approximate surface area is 206 Å². The number of fused-ring (bicyclic) bond motifs is 1. The Morgan fingerprint density at radius 3 is 2.28 bits per heavy atom. The van der Waals surface area contributed by atoms with Crippen molar-refractivity contribution in [1.29, 1.82) is 0 Å². The summed E-state index contributed by atoms with van der Waals surface area (Å²) in [5.74, 6) is -2.61. The number of imide groups is 1. The summed E-state index contributed by atoms with van der Waals surface area (Å²) in [5, 5.41) is 2.50. The van der Waals surface area contributed by atoms with Crippen molar-refractivity contribution in [3.8, 4) is 5.75 Å². The summed E-state index contributed by atoms with van der Waals surface area (Å²) in [5.41, 5.74) is 1.82. The molecule has 1 N–H and O–H groups in total. The Balaban J connectivity index is 1.48. The number of nitrogens with zero attached hydrogens (tertiary/aromatic N) is 1. The van der Waals surface area contributed by atoms with Gasteiger partial charge in [-0.1, -0.05) is 24.3 Å². The van der Waals surface area contributed by atoms with E-state index in [0.29, 0.717) is 22.3 Å². The molecular weight excluding hydrogens is 467 g/mol. The van der Waals surface area contributed by atoms with E-state index in [1.165, 1.54) is 44.4 Å². The summed E-state index contributed by atoms with van der Waals surface area (Å²) in [4.78, 5) is 51.8. The van der Waals surface area contributed by atoms with Crippen LogP contribution in [0.4, 0.5) is 10.1 Å². The lowest BCUT2D eigenvalue weighted by atomic mass is 10.1. The highest BCUT2D eigenvalue weighted by Gasteiger charge is 2.35. The number of halogens is 1. The molecule has 0 aliphatic carbocycles. The zero-order chi connectivity index (χ0) is 26.0. The normalized spacial score (nSPS) is 13.3. The van der Waals surface area contributed by atoms with Crippen molar-refractivity contribution in [1.82, 2.24) is 4.90 Å². The van der Waals surface area contributed by atoms with Crippen molar-refractivity contribution >= 4 is 29.4 Å². The van der Waals surface area contributed by atoms with Gasteiger partial charge in [-0.15, -0.1) is 0 Å². The fourth-order valence-corrected chi connectivity index (χ4v) is 3.77. The lowest BCUT2D eigenvalue weighted by Gasteiger charge is -2.17. The van der Waals surface area contributed by atoms with Gasteiger partial charge in [-0.3, -0.25) is 19.3 Å². The number of amides is 3. The molecule has 3 amide bonds. The third-order valence-corrected chi connectivity index (χ3v) is 5.80. The molecule has 0 fully saturated rings. The standard InChI is InChI=1S/C27H23FN2O6/c1-15-8-10-18(13-22(15)28)29-24(31)16(2)36-27(34)21-12-17(9-11-23(21)35-3)14-30-25(32)19-6-4-5-7-20(19)26(30)33/h4-13,16H,14H2,1-3H3,(H,29,31). The molecule has 184 valence electrons. The smallest absolute Gasteiger partial charge is 0.342 e. The predicted octanol–water partition coefficient (Wildman–Crippen LogP) is 4.12. The van der Waals surface area contributed by atoms with E-state index in [1.807, 2.05) is 0 Å². The number of hydrogen-bond acceptors (Lipinski definition) is 6. The van der Waals surface area contributed by atoms with E-state index in [1.54, 1.807) is 37.3 Å². The average molecular weight is 490 g/mol. The van der Waals surface area contributed by atoms with E-state index >= 15 is 0 Å². The molecule has 0 spiro atoms.